The summed E-state index contributed by atoms with van der Waals surface area (Å²) >= 11 is 0. The molecule has 0 atom stereocenters. The number of furan rings is 1. The molecule has 0 unspecified atom stereocenters. The van der Waals surface area contributed by atoms with Gasteiger partial charge in [0.25, 0.3) is 0 Å². The molecule has 0 bridgehead atoms. The van der Waals surface area contributed by atoms with Crippen LogP contribution in [0.25, 0.3) is 11.3 Å². The number of hydrogen-bond acceptors (Lipinski definition) is 4. The van der Waals surface area contributed by atoms with Crippen LogP contribution in [0.1, 0.15) is 16.1 Å². The Balaban J connectivity index is 2.20. The van der Waals surface area contributed by atoms with Gasteiger partial charge in [0.1, 0.15) is 11.5 Å². The molecule has 102 valence electrons. The van der Waals surface area contributed by atoms with Gasteiger partial charge in [-0.25, -0.2) is 15.0 Å². The summed E-state index contributed by atoms with van der Waals surface area (Å²) in [7, 11) is 0. The minimum Gasteiger partial charge on any atom is -0.478 e. The highest BCUT2D eigenvalue weighted by atomic mass is 16.4. The van der Waals surface area contributed by atoms with Gasteiger partial charge in [-0.05, 0) is 24.3 Å². The fraction of sp³-hybridized carbons (Fsp3) is 0. The number of nitrogens with two attached hydrogens (primary N) is 1. The van der Waals surface area contributed by atoms with Crippen molar-refractivity contribution in [3.05, 3.63) is 47.7 Å². The van der Waals surface area contributed by atoms with Crippen molar-refractivity contribution in [2.45, 2.75) is 0 Å². The second-order valence-electron chi connectivity index (χ2n) is 3.82. The van der Waals surface area contributed by atoms with E-state index in [1.807, 2.05) is 5.43 Å². The Hall–Kier alpha value is -3.09. The van der Waals surface area contributed by atoms with Gasteiger partial charge >= 0.3 is 12.0 Å². The van der Waals surface area contributed by atoms with Crippen molar-refractivity contribution in [1.82, 2.24) is 5.43 Å². The van der Waals surface area contributed by atoms with E-state index in [1.54, 1.807) is 24.3 Å². The van der Waals surface area contributed by atoms with Crippen LogP contribution in [0.15, 0.2) is 45.9 Å². The summed E-state index contributed by atoms with van der Waals surface area (Å²) in [4.78, 5) is 21.3. The quantitative estimate of drug-likeness (QED) is 0.579. The largest absolute Gasteiger partial charge is 0.478 e. The summed E-state index contributed by atoms with van der Waals surface area (Å²) in [5, 5.41) is 12.5. The Bertz CT molecular complexity index is 676. The zero-order chi connectivity index (χ0) is 14.5. The molecular formula is C13H11N3O4. The molecule has 1 aromatic carbocycles. The van der Waals surface area contributed by atoms with E-state index in [9.17, 15) is 9.59 Å². The van der Waals surface area contributed by atoms with Crippen LogP contribution in [0.2, 0.25) is 0 Å². The molecule has 0 saturated carbocycles. The smallest absolute Gasteiger partial charge is 0.335 e. The monoisotopic (exact) mass is 273 g/mol. The molecule has 2 rings (SSSR count). The molecular weight excluding hydrogens is 262 g/mol. The molecule has 7 nitrogen and oxygen atoms in total. The number of hydrazone groups is 1. The molecule has 2 aromatic rings. The maximum atomic E-state index is 10.9. The molecule has 0 aliphatic rings. The van der Waals surface area contributed by atoms with E-state index in [0.29, 0.717) is 17.1 Å². The summed E-state index contributed by atoms with van der Waals surface area (Å²) in [5.74, 6) is -0.117. The number of aromatic carboxylic acids is 1. The number of amides is 2. The highest BCUT2D eigenvalue weighted by Gasteiger charge is 2.07. The summed E-state index contributed by atoms with van der Waals surface area (Å²) in [6, 6.07) is 8.89. The van der Waals surface area contributed by atoms with Crippen LogP contribution < -0.4 is 11.2 Å². The number of urea groups is 1. The number of carbonyl (C=O) groups excluding carboxylic acids is 1. The number of rotatable bonds is 4. The molecule has 0 radical (unpaired) electrons. The Morgan fingerprint density at radius 3 is 2.80 bits per heavy atom. The molecule has 0 spiro atoms. The van der Waals surface area contributed by atoms with Crippen LogP contribution in [0, 0.1) is 0 Å². The molecule has 0 saturated heterocycles. The van der Waals surface area contributed by atoms with Gasteiger partial charge in [0.05, 0.1) is 11.8 Å². The van der Waals surface area contributed by atoms with E-state index in [4.69, 9.17) is 15.3 Å². The fourth-order valence-corrected chi connectivity index (χ4v) is 1.54. The van der Waals surface area contributed by atoms with Crippen molar-refractivity contribution >= 4 is 18.2 Å². The van der Waals surface area contributed by atoms with Crippen LogP contribution in [-0.2, 0) is 0 Å². The van der Waals surface area contributed by atoms with Gasteiger partial charge in [0, 0.05) is 5.56 Å². The van der Waals surface area contributed by atoms with Crippen LogP contribution in [-0.4, -0.2) is 23.3 Å². The van der Waals surface area contributed by atoms with E-state index < -0.39 is 12.0 Å². The van der Waals surface area contributed by atoms with E-state index in [0.717, 1.165) is 0 Å². The predicted octanol–water partition coefficient (Wildman–Crippen LogP) is 1.65. The molecule has 0 fully saturated rings. The molecule has 2 amide bonds. The molecule has 7 heteroatoms. The maximum Gasteiger partial charge on any atom is 0.335 e. The zero-order valence-electron chi connectivity index (χ0n) is 10.2. The molecule has 1 heterocycles. The average molecular weight is 273 g/mol. The number of carboxylic acid groups (broad SMARTS) is 1. The molecule has 0 aliphatic carbocycles. The number of benzene rings is 1. The number of hydrogen-bond donors (Lipinski definition) is 3. The van der Waals surface area contributed by atoms with Gasteiger partial charge in [-0.2, -0.15) is 5.10 Å². The highest BCUT2D eigenvalue weighted by molar-refractivity contribution is 5.89. The van der Waals surface area contributed by atoms with Gasteiger partial charge in [-0.1, -0.05) is 12.1 Å². The van der Waals surface area contributed by atoms with Crippen molar-refractivity contribution in [3.8, 4) is 11.3 Å². The Morgan fingerprint density at radius 2 is 2.10 bits per heavy atom. The van der Waals surface area contributed by atoms with Gasteiger partial charge in [-0.3, -0.25) is 0 Å². The lowest BCUT2D eigenvalue weighted by Crippen LogP contribution is -2.24. The lowest BCUT2D eigenvalue weighted by molar-refractivity contribution is 0.0697. The zero-order valence-corrected chi connectivity index (χ0v) is 10.2. The second kappa shape index (κ2) is 5.70. The summed E-state index contributed by atoms with van der Waals surface area (Å²) in [5.41, 5.74) is 7.69. The Labute approximate surface area is 113 Å². The van der Waals surface area contributed by atoms with Crippen molar-refractivity contribution in [2.24, 2.45) is 10.8 Å². The first-order valence-corrected chi connectivity index (χ1v) is 5.58. The van der Waals surface area contributed by atoms with E-state index in [2.05, 4.69) is 5.10 Å². The number of nitrogens with zero attached hydrogens (tertiary/aromatic N) is 1. The van der Waals surface area contributed by atoms with Crippen LogP contribution in [0.4, 0.5) is 4.79 Å². The van der Waals surface area contributed by atoms with Crippen molar-refractivity contribution < 1.29 is 19.1 Å². The molecule has 1 aromatic heterocycles. The topological polar surface area (TPSA) is 118 Å². The van der Waals surface area contributed by atoms with Crippen molar-refractivity contribution in [2.75, 3.05) is 0 Å². The SMILES string of the molecule is NC(=O)N/N=C/c1ccc(-c2cccc(C(=O)O)c2)o1. The van der Waals surface area contributed by atoms with Gasteiger partial charge in [-0.15, -0.1) is 0 Å². The van der Waals surface area contributed by atoms with Crippen LogP contribution in [0.5, 0.6) is 0 Å². The van der Waals surface area contributed by atoms with Crippen molar-refractivity contribution in [3.63, 3.8) is 0 Å². The number of nitrogens with one attached hydrogen (secondary N) is 1. The highest BCUT2D eigenvalue weighted by Crippen LogP contribution is 2.22. The van der Waals surface area contributed by atoms with Crippen LogP contribution in [0.3, 0.4) is 0 Å². The van der Waals surface area contributed by atoms with Crippen LogP contribution >= 0.6 is 0 Å². The first-order valence-electron chi connectivity index (χ1n) is 5.58. The predicted molar refractivity (Wildman–Crippen MR) is 71.4 cm³/mol. The Morgan fingerprint density at radius 1 is 1.30 bits per heavy atom. The van der Waals surface area contributed by atoms with E-state index >= 15 is 0 Å². The van der Waals surface area contributed by atoms with E-state index in [-0.39, 0.29) is 5.56 Å². The summed E-state index contributed by atoms with van der Waals surface area (Å²) in [6.07, 6.45) is 1.29. The number of primary amides is 1. The third-order valence-electron chi connectivity index (χ3n) is 2.39. The third-order valence-corrected chi connectivity index (χ3v) is 2.39. The first kappa shape index (κ1) is 13.3. The lowest BCUT2D eigenvalue weighted by atomic mass is 10.1. The Kier molecular flexibility index (Phi) is 3.80. The normalized spacial score (nSPS) is 10.6. The summed E-state index contributed by atoms with van der Waals surface area (Å²) < 4.78 is 5.45. The molecule has 4 N–H and O–H groups in total. The molecule has 0 aliphatic heterocycles. The second-order valence-corrected chi connectivity index (χ2v) is 3.82. The fourth-order valence-electron chi connectivity index (χ4n) is 1.54. The van der Waals surface area contributed by atoms with Gasteiger partial charge in [0.15, 0.2) is 0 Å². The first-order chi connectivity index (χ1) is 9.56. The van der Waals surface area contributed by atoms with Crippen molar-refractivity contribution in [1.29, 1.82) is 0 Å². The molecule has 20 heavy (non-hydrogen) atoms. The summed E-state index contributed by atoms with van der Waals surface area (Å²) in [6.45, 7) is 0. The number of carboxylic acids is 1. The minimum absolute atomic E-state index is 0.171. The lowest BCUT2D eigenvalue weighted by Gasteiger charge is -1.98. The maximum absolute atomic E-state index is 10.9. The van der Waals surface area contributed by atoms with E-state index in [1.165, 1.54) is 18.3 Å². The number of carbonyl (C=O) groups is 2. The third kappa shape index (κ3) is 3.22. The minimum atomic E-state index is -1.01. The average Bonchev–Trinajstić information content (AvgIpc) is 2.87. The van der Waals surface area contributed by atoms with Gasteiger partial charge < -0.3 is 15.3 Å². The van der Waals surface area contributed by atoms with Gasteiger partial charge in [0.2, 0.25) is 0 Å². The standard InChI is InChI=1S/C13H11N3O4/c14-13(19)16-15-7-10-4-5-11(20-10)8-2-1-3-9(6-8)12(17)18/h1-7H,(H,17,18)(H3,14,16,19)/b15-7+.